The van der Waals surface area contributed by atoms with Crippen LogP contribution in [0.25, 0.3) is 55.0 Å². The number of nitrogens with zero attached hydrogens (tertiary/aromatic N) is 2. The van der Waals surface area contributed by atoms with Crippen molar-refractivity contribution in [2.24, 2.45) is 0 Å². The lowest BCUT2D eigenvalue weighted by Crippen LogP contribution is -2.17. The summed E-state index contributed by atoms with van der Waals surface area (Å²) in [5, 5.41) is 4.87. The van der Waals surface area contributed by atoms with Crippen molar-refractivity contribution in [2.75, 3.05) is 4.90 Å². The molecule has 0 saturated carbocycles. The van der Waals surface area contributed by atoms with Crippen molar-refractivity contribution >= 4 is 60.7 Å². The topological polar surface area (TPSA) is 21.3 Å². The first-order valence-corrected chi connectivity index (χ1v) is 15.6. The molecule has 0 spiro atoms. The predicted octanol–water partition coefficient (Wildman–Crippen LogP) is 11.6. The minimum absolute atomic E-state index is 0.908. The van der Waals surface area contributed by atoms with E-state index in [-0.39, 0.29) is 0 Å². The molecule has 0 N–H and O–H groups in total. The van der Waals surface area contributed by atoms with Gasteiger partial charge in [-0.25, -0.2) is 0 Å². The smallest absolute Gasteiger partial charge is 0.137 e. The molecule has 0 aliphatic heterocycles. The Balaban J connectivity index is 1.07. The number of rotatable bonds is 5. The van der Waals surface area contributed by atoms with E-state index in [1.807, 2.05) is 12.1 Å². The van der Waals surface area contributed by atoms with Gasteiger partial charge < -0.3 is 13.9 Å². The van der Waals surface area contributed by atoms with Gasteiger partial charge in [-0.2, -0.15) is 0 Å². The number of anilines is 2. The lowest BCUT2D eigenvalue weighted by atomic mass is 9.94. The van der Waals surface area contributed by atoms with E-state index in [2.05, 4.69) is 155 Å². The summed E-state index contributed by atoms with van der Waals surface area (Å²) in [6, 6.07) is 51.9. The summed E-state index contributed by atoms with van der Waals surface area (Å²) in [4.78, 5) is 2.37. The van der Waals surface area contributed by atoms with E-state index in [9.17, 15) is 0 Å². The SMILES string of the molecule is C1=C(c2ccc(-n3c4ccccc4c4ccccc43)cc2)CCC(N(c2ccccc2)c2ccc3c(c2)oc2ccccc23)=C1. The first kappa shape index (κ1) is 25.7. The third kappa shape index (κ3) is 4.28. The Hall–Kier alpha value is -5.80. The van der Waals surface area contributed by atoms with Gasteiger partial charge in [0, 0.05) is 50.4 Å². The van der Waals surface area contributed by atoms with Gasteiger partial charge in [0.25, 0.3) is 0 Å². The number of fused-ring (bicyclic) bond motifs is 6. The Morgan fingerprint density at radius 2 is 1.13 bits per heavy atom. The highest BCUT2D eigenvalue weighted by atomic mass is 16.3. The summed E-state index contributed by atoms with van der Waals surface area (Å²) < 4.78 is 8.64. The van der Waals surface area contributed by atoms with Crippen LogP contribution in [-0.4, -0.2) is 4.57 Å². The quantitative estimate of drug-likeness (QED) is 0.203. The lowest BCUT2D eigenvalue weighted by Gasteiger charge is -2.30. The highest BCUT2D eigenvalue weighted by Crippen LogP contribution is 2.39. The molecule has 2 heterocycles. The van der Waals surface area contributed by atoms with Crippen molar-refractivity contribution in [3.8, 4) is 5.69 Å². The zero-order valence-corrected chi connectivity index (χ0v) is 24.7. The minimum Gasteiger partial charge on any atom is -0.456 e. The Labute approximate surface area is 261 Å². The zero-order chi connectivity index (χ0) is 29.7. The fourth-order valence-electron chi connectivity index (χ4n) is 6.99. The van der Waals surface area contributed by atoms with Crippen molar-refractivity contribution < 1.29 is 4.42 Å². The van der Waals surface area contributed by atoms with Crippen LogP contribution >= 0.6 is 0 Å². The van der Waals surface area contributed by atoms with Crippen LogP contribution in [0.2, 0.25) is 0 Å². The van der Waals surface area contributed by atoms with E-state index in [1.165, 1.54) is 44.3 Å². The van der Waals surface area contributed by atoms with Crippen LogP contribution in [0.15, 0.2) is 168 Å². The molecule has 8 aromatic rings. The summed E-state index contributed by atoms with van der Waals surface area (Å²) in [5.74, 6) is 0. The van der Waals surface area contributed by atoms with Gasteiger partial charge in [-0.1, -0.05) is 91.0 Å². The van der Waals surface area contributed by atoms with E-state index in [0.29, 0.717) is 0 Å². The Bertz CT molecular complexity index is 2370. The molecule has 2 aromatic heterocycles. The number of para-hydroxylation sites is 4. The van der Waals surface area contributed by atoms with Gasteiger partial charge in [-0.3, -0.25) is 0 Å². The highest BCUT2D eigenvalue weighted by Gasteiger charge is 2.20. The molecule has 0 radical (unpaired) electrons. The minimum atomic E-state index is 0.908. The van der Waals surface area contributed by atoms with Crippen LogP contribution in [-0.2, 0) is 0 Å². The maximum Gasteiger partial charge on any atom is 0.137 e. The van der Waals surface area contributed by atoms with Gasteiger partial charge in [-0.15, -0.1) is 0 Å². The molecular formula is C42H30N2O. The van der Waals surface area contributed by atoms with Gasteiger partial charge in [0.15, 0.2) is 0 Å². The van der Waals surface area contributed by atoms with E-state index in [0.717, 1.165) is 46.2 Å². The average molecular weight is 579 g/mol. The maximum absolute atomic E-state index is 6.27. The molecule has 0 saturated heterocycles. The predicted molar refractivity (Wildman–Crippen MR) is 188 cm³/mol. The first-order chi connectivity index (χ1) is 22.3. The second kappa shape index (κ2) is 10.4. The van der Waals surface area contributed by atoms with E-state index in [4.69, 9.17) is 4.42 Å². The lowest BCUT2D eigenvalue weighted by molar-refractivity contribution is 0.669. The van der Waals surface area contributed by atoms with Gasteiger partial charge in [-0.05, 0) is 84.7 Å². The van der Waals surface area contributed by atoms with Crippen molar-refractivity contribution in [2.45, 2.75) is 12.8 Å². The molecule has 0 fully saturated rings. The molecule has 3 heteroatoms. The molecular weight excluding hydrogens is 548 g/mol. The van der Waals surface area contributed by atoms with Crippen molar-refractivity contribution in [3.63, 3.8) is 0 Å². The van der Waals surface area contributed by atoms with Crippen LogP contribution in [0.3, 0.4) is 0 Å². The van der Waals surface area contributed by atoms with E-state index in [1.54, 1.807) is 0 Å². The van der Waals surface area contributed by atoms with Gasteiger partial charge in [0.05, 0.1) is 11.0 Å². The number of benzene rings is 6. The van der Waals surface area contributed by atoms with Gasteiger partial charge in [0.2, 0.25) is 0 Å². The summed E-state index contributed by atoms with van der Waals surface area (Å²) in [7, 11) is 0. The number of hydrogen-bond donors (Lipinski definition) is 0. The second-order valence-electron chi connectivity index (χ2n) is 11.7. The maximum atomic E-state index is 6.27. The molecule has 9 rings (SSSR count). The third-order valence-corrected chi connectivity index (χ3v) is 9.13. The zero-order valence-electron chi connectivity index (χ0n) is 24.7. The Kier molecular flexibility index (Phi) is 5.95. The van der Waals surface area contributed by atoms with Crippen LogP contribution in [0.1, 0.15) is 18.4 Å². The molecule has 6 aromatic carbocycles. The molecule has 1 aliphatic carbocycles. The van der Waals surface area contributed by atoms with Crippen LogP contribution in [0.5, 0.6) is 0 Å². The first-order valence-electron chi connectivity index (χ1n) is 15.6. The summed E-state index contributed by atoms with van der Waals surface area (Å²) in [6.07, 6.45) is 6.49. The third-order valence-electron chi connectivity index (χ3n) is 9.13. The largest absolute Gasteiger partial charge is 0.456 e. The fourth-order valence-corrected chi connectivity index (χ4v) is 6.99. The van der Waals surface area contributed by atoms with Crippen LogP contribution in [0.4, 0.5) is 11.4 Å². The highest BCUT2D eigenvalue weighted by molar-refractivity contribution is 6.09. The molecule has 0 atom stereocenters. The Morgan fingerprint density at radius 3 is 1.84 bits per heavy atom. The fraction of sp³-hybridized carbons (Fsp3) is 0.0476. The molecule has 0 bridgehead atoms. The van der Waals surface area contributed by atoms with Crippen molar-refractivity contribution in [1.29, 1.82) is 0 Å². The van der Waals surface area contributed by atoms with Crippen molar-refractivity contribution in [3.05, 3.63) is 169 Å². The molecule has 214 valence electrons. The molecule has 0 unspecified atom stereocenters. The normalized spacial score (nSPS) is 13.4. The van der Waals surface area contributed by atoms with Crippen molar-refractivity contribution in [1.82, 2.24) is 4.57 Å². The summed E-state index contributed by atoms with van der Waals surface area (Å²) in [5.41, 5.74) is 11.6. The molecule has 3 nitrogen and oxygen atoms in total. The summed E-state index contributed by atoms with van der Waals surface area (Å²) in [6.45, 7) is 0. The van der Waals surface area contributed by atoms with E-state index >= 15 is 0 Å². The number of hydrogen-bond acceptors (Lipinski definition) is 2. The van der Waals surface area contributed by atoms with Gasteiger partial charge >= 0.3 is 0 Å². The monoisotopic (exact) mass is 578 g/mol. The second-order valence-corrected chi connectivity index (χ2v) is 11.7. The number of furan rings is 1. The Morgan fingerprint density at radius 1 is 0.489 bits per heavy atom. The molecule has 0 amide bonds. The molecule has 45 heavy (non-hydrogen) atoms. The standard InChI is InChI=1S/C42H30N2O/c1-2-10-31(11-3-1)43(34-26-27-38-37-14-6-9-17-41(37)45-42(38)28-34)32-22-18-29(19-23-32)30-20-24-33(25-21-30)44-39-15-7-4-12-35(39)36-13-5-8-16-40(36)44/h1-18,20-22,24-28H,19,23H2. The van der Waals surface area contributed by atoms with Gasteiger partial charge in [0.1, 0.15) is 11.2 Å². The molecule has 1 aliphatic rings. The van der Waals surface area contributed by atoms with E-state index < -0.39 is 0 Å². The summed E-state index contributed by atoms with van der Waals surface area (Å²) >= 11 is 0. The number of allylic oxidation sites excluding steroid dienone is 4. The average Bonchev–Trinajstić information content (AvgIpc) is 3.65. The van der Waals surface area contributed by atoms with Crippen LogP contribution < -0.4 is 4.90 Å². The number of aromatic nitrogens is 1. The van der Waals surface area contributed by atoms with Crippen LogP contribution in [0, 0.1) is 0 Å².